The molecule has 2 fully saturated rings. The molecule has 0 aromatic heterocycles. The number of rotatable bonds is 11. The molecule has 2 saturated heterocycles. The highest BCUT2D eigenvalue weighted by molar-refractivity contribution is 6.33. The van der Waals surface area contributed by atoms with E-state index in [1.807, 2.05) is 41.3 Å². The number of nitrogens with zero attached hydrogens (tertiary/aromatic N) is 4. The number of fused-ring (bicyclic) bond motifs is 1. The number of piperidine rings is 1. The van der Waals surface area contributed by atoms with Crippen LogP contribution in [-0.2, 0) is 33.3 Å². The van der Waals surface area contributed by atoms with Crippen molar-refractivity contribution in [1.82, 2.24) is 14.7 Å². The van der Waals surface area contributed by atoms with Crippen molar-refractivity contribution >= 4 is 52.7 Å². The Morgan fingerprint density at radius 2 is 1.63 bits per heavy atom. The number of esters is 1. The highest BCUT2D eigenvalue weighted by Gasteiger charge is 2.38. The molecule has 306 valence electrons. The van der Waals surface area contributed by atoms with Crippen molar-refractivity contribution < 1.29 is 41.8 Å². The number of benzene rings is 3. The van der Waals surface area contributed by atoms with Gasteiger partial charge in [-0.1, -0.05) is 49.6 Å². The number of nitrogen functional groups attached to an aromatic ring is 1. The molecule has 3 aromatic carbocycles. The molecule has 0 bridgehead atoms. The number of amides is 4. The van der Waals surface area contributed by atoms with Crippen LogP contribution in [0.25, 0.3) is 0 Å². The number of para-hydroxylation sites is 1. The molecule has 3 N–H and O–H groups in total. The number of unbranched alkanes of at least 4 members (excludes halogenated alkanes) is 2. The third-order valence-corrected chi connectivity index (χ3v) is 11.1. The second-order valence-corrected chi connectivity index (χ2v) is 15.0. The van der Waals surface area contributed by atoms with Gasteiger partial charge in [0.25, 0.3) is 5.91 Å². The molecule has 3 aliphatic heterocycles. The molecule has 3 aliphatic rings. The van der Waals surface area contributed by atoms with E-state index in [1.165, 1.54) is 15.9 Å². The third-order valence-electron chi connectivity index (χ3n) is 10.8. The van der Waals surface area contributed by atoms with Gasteiger partial charge >= 0.3 is 24.3 Å². The molecule has 0 unspecified atom stereocenters. The van der Waals surface area contributed by atoms with Crippen molar-refractivity contribution in [3.63, 3.8) is 0 Å². The third kappa shape index (κ3) is 10.2. The predicted molar refractivity (Wildman–Crippen MR) is 210 cm³/mol. The minimum Gasteiger partial charge on any atom is -0.462 e. The molecule has 16 heteroatoms. The summed E-state index contributed by atoms with van der Waals surface area (Å²) in [6.45, 7) is 4.79. The topological polar surface area (TPSA) is 138 Å². The lowest BCUT2D eigenvalue weighted by atomic mass is 10.0. The molecule has 3 heterocycles. The largest absolute Gasteiger partial charge is 0.462 e. The molecule has 1 atom stereocenters. The molecular formula is C41H48ClF3N6O6. The summed E-state index contributed by atoms with van der Waals surface area (Å²) in [4.78, 5) is 60.1. The Morgan fingerprint density at radius 1 is 0.930 bits per heavy atom. The smallest absolute Gasteiger partial charge is 0.418 e. The number of ether oxygens (including phenoxy) is 2. The van der Waals surface area contributed by atoms with Gasteiger partial charge in [-0.2, -0.15) is 13.2 Å². The standard InChI is InChI=1S/C41H48ClF3N6O6/c1-2-3-6-23-56-38(53)29-9-11-30(12-10-29)48-19-21-49(22-20-48)37(52)35(26-27-24-32(41(43,44)45)36(46)33(42)25-27)57-40(55)50-16-14-31(15-17-50)51-18-13-28-7-4-5-8-34(28)47-39(51)54/h4-5,7-12,24-25,31,35H,2-3,6,13-23,26,46H2,1H3,(H,47,54)/t35-/m1/s1. The Bertz CT molecular complexity index is 1920. The zero-order chi connectivity index (χ0) is 40.7. The highest BCUT2D eigenvalue weighted by Crippen LogP contribution is 2.38. The van der Waals surface area contributed by atoms with E-state index in [9.17, 15) is 32.3 Å². The predicted octanol–water partition coefficient (Wildman–Crippen LogP) is 7.24. The minimum absolute atomic E-state index is 0.0298. The van der Waals surface area contributed by atoms with Crippen molar-refractivity contribution in [3.8, 4) is 0 Å². The van der Waals surface area contributed by atoms with E-state index in [2.05, 4.69) is 12.2 Å². The number of anilines is 3. The van der Waals surface area contributed by atoms with Crippen LogP contribution in [0.4, 0.5) is 39.8 Å². The van der Waals surface area contributed by atoms with Gasteiger partial charge < -0.3 is 40.1 Å². The van der Waals surface area contributed by atoms with Gasteiger partial charge in [-0.15, -0.1) is 0 Å². The van der Waals surface area contributed by atoms with Gasteiger partial charge in [0, 0.05) is 69.7 Å². The van der Waals surface area contributed by atoms with Crippen LogP contribution >= 0.6 is 11.6 Å². The Balaban J connectivity index is 1.10. The summed E-state index contributed by atoms with van der Waals surface area (Å²) in [5.74, 6) is -0.944. The Kier molecular flexibility index (Phi) is 13.4. The fraction of sp³-hybridized carbons (Fsp3) is 0.463. The van der Waals surface area contributed by atoms with E-state index >= 15 is 0 Å². The van der Waals surface area contributed by atoms with E-state index < -0.39 is 35.5 Å². The minimum atomic E-state index is -4.80. The fourth-order valence-corrected chi connectivity index (χ4v) is 7.75. The Hall–Kier alpha value is -5.18. The molecule has 0 aliphatic carbocycles. The summed E-state index contributed by atoms with van der Waals surface area (Å²) in [7, 11) is 0. The molecular weight excluding hydrogens is 765 g/mol. The van der Waals surface area contributed by atoms with Crippen LogP contribution in [-0.4, -0.2) is 103 Å². The van der Waals surface area contributed by atoms with Gasteiger partial charge in [0.15, 0.2) is 6.10 Å². The maximum absolute atomic E-state index is 14.1. The van der Waals surface area contributed by atoms with Crippen LogP contribution in [0, 0.1) is 0 Å². The summed E-state index contributed by atoms with van der Waals surface area (Å²) in [5.41, 5.74) is 7.02. The van der Waals surface area contributed by atoms with Gasteiger partial charge in [0.2, 0.25) is 0 Å². The second kappa shape index (κ2) is 18.4. The molecule has 57 heavy (non-hydrogen) atoms. The monoisotopic (exact) mass is 812 g/mol. The Labute approximate surface area is 335 Å². The number of hydrogen-bond donors (Lipinski definition) is 2. The summed E-state index contributed by atoms with van der Waals surface area (Å²) in [5, 5.41) is 2.65. The second-order valence-electron chi connectivity index (χ2n) is 14.6. The maximum atomic E-state index is 14.1. The molecule has 0 radical (unpaired) electrons. The van der Waals surface area contributed by atoms with Crippen molar-refractivity contribution in [2.45, 2.75) is 70.2 Å². The quantitative estimate of drug-likeness (QED) is 0.118. The summed E-state index contributed by atoms with van der Waals surface area (Å²) in [6, 6.07) is 16.4. The van der Waals surface area contributed by atoms with Crippen LogP contribution in [0.5, 0.6) is 0 Å². The molecule has 3 aromatic rings. The number of piperazine rings is 1. The van der Waals surface area contributed by atoms with E-state index in [4.69, 9.17) is 26.8 Å². The number of nitrogens with two attached hydrogens (primary N) is 1. The lowest BCUT2D eigenvalue weighted by molar-refractivity contribution is -0.141. The van der Waals surface area contributed by atoms with Crippen LogP contribution in [0.3, 0.4) is 0 Å². The van der Waals surface area contributed by atoms with Crippen LogP contribution < -0.4 is 16.0 Å². The normalized spacial score (nSPS) is 17.0. The van der Waals surface area contributed by atoms with Gasteiger partial charge in [0.05, 0.1) is 28.4 Å². The van der Waals surface area contributed by atoms with Gasteiger partial charge in [0.1, 0.15) is 0 Å². The number of carbonyl (C=O) groups is 4. The first-order chi connectivity index (χ1) is 27.3. The van der Waals surface area contributed by atoms with Crippen molar-refractivity contribution in [3.05, 3.63) is 87.9 Å². The zero-order valence-electron chi connectivity index (χ0n) is 31.9. The lowest BCUT2D eigenvalue weighted by Gasteiger charge is -2.39. The van der Waals surface area contributed by atoms with E-state index in [0.29, 0.717) is 51.1 Å². The molecule has 0 saturated carbocycles. The number of hydrogen-bond acceptors (Lipinski definition) is 8. The SMILES string of the molecule is CCCCCOC(=O)c1ccc(N2CCN(C(=O)[C@@H](Cc3cc(Cl)c(N)c(C(F)(F)F)c3)OC(=O)N3CCC(N4CCc5ccccc5NC4=O)CC3)CC2)cc1. The summed E-state index contributed by atoms with van der Waals surface area (Å²) >= 11 is 6.12. The van der Waals surface area contributed by atoms with E-state index in [1.54, 1.807) is 17.0 Å². The Morgan fingerprint density at radius 3 is 2.32 bits per heavy atom. The highest BCUT2D eigenvalue weighted by atomic mass is 35.5. The zero-order valence-corrected chi connectivity index (χ0v) is 32.6. The average molecular weight is 813 g/mol. The number of halogens is 4. The van der Waals surface area contributed by atoms with Crippen molar-refractivity contribution in [2.75, 3.05) is 68.4 Å². The fourth-order valence-electron chi connectivity index (χ4n) is 7.51. The average Bonchev–Trinajstić information content (AvgIpc) is 3.37. The number of carbonyl (C=O) groups excluding carboxylic acids is 4. The van der Waals surface area contributed by atoms with Crippen LogP contribution in [0.2, 0.25) is 5.02 Å². The van der Waals surface area contributed by atoms with Gasteiger partial charge in [-0.25, -0.2) is 14.4 Å². The lowest BCUT2D eigenvalue weighted by Crippen LogP contribution is -2.54. The first kappa shape index (κ1) is 41.5. The number of alkyl halides is 3. The number of likely N-dealkylation sites (tertiary alicyclic amines) is 1. The molecule has 0 spiro atoms. The molecule has 12 nitrogen and oxygen atoms in total. The maximum Gasteiger partial charge on any atom is 0.418 e. The van der Waals surface area contributed by atoms with Crippen molar-refractivity contribution in [1.29, 1.82) is 0 Å². The molecule has 6 rings (SSSR count). The van der Waals surface area contributed by atoms with Crippen molar-refractivity contribution in [2.24, 2.45) is 0 Å². The first-order valence-electron chi connectivity index (χ1n) is 19.4. The van der Waals surface area contributed by atoms with E-state index in [-0.39, 0.29) is 61.2 Å². The van der Waals surface area contributed by atoms with Crippen LogP contribution in [0.1, 0.15) is 66.1 Å². The van der Waals surface area contributed by atoms with Crippen LogP contribution in [0.15, 0.2) is 60.7 Å². The summed E-state index contributed by atoms with van der Waals surface area (Å²) < 4.78 is 52.8. The number of urea groups is 1. The summed E-state index contributed by atoms with van der Waals surface area (Å²) in [6.07, 6.45) is -2.96. The van der Waals surface area contributed by atoms with Gasteiger partial charge in [-0.3, -0.25) is 4.79 Å². The first-order valence-corrected chi connectivity index (χ1v) is 19.8. The van der Waals surface area contributed by atoms with Gasteiger partial charge in [-0.05, 0) is 79.3 Å². The number of nitrogens with one attached hydrogen (secondary N) is 1. The molecule has 4 amide bonds. The van der Waals surface area contributed by atoms with E-state index in [0.717, 1.165) is 42.3 Å².